The maximum atomic E-state index is 8.90. The van der Waals surface area contributed by atoms with E-state index in [1.165, 1.54) is 27.9 Å². The van der Waals surface area contributed by atoms with Crippen LogP contribution < -0.4 is 4.57 Å². The monoisotopic (exact) mass is 346 g/mol. The van der Waals surface area contributed by atoms with Gasteiger partial charge in [0.05, 0.1) is 12.3 Å². The molecule has 0 bridgehead atoms. The van der Waals surface area contributed by atoms with Gasteiger partial charge in [0, 0.05) is 14.3 Å². The summed E-state index contributed by atoms with van der Waals surface area (Å²) >= 11 is 0. The van der Waals surface area contributed by atoms with E-state index in [-0.39, 0.29) is 0 Å². The molecule has 0 saturated heterocycles. The van der Waals surface area contributed by atoms with Crippen LogP contribution >= 0.6 is 0 Å². The van der Waals surface area contributed by atoms with E-state index in [0.29, 0.717) is 6.04 Å². The van der Waals surface area contributed by atoms with Gasteiger partial charge in [0.25, 0.3) is 0 Å². The lowest BCUT2D eigenvalue weighted by Crippen LogP contribution is -2.35. The minimum Gasteiger partial charge on any atom is -0.198 e. The van der Waals surface area contributed by atoms with Crippen molar-refractivity contribution in [3.8, 4) is 11.3 Å². The Bertz CT molecular complexity index is 1090. The first-order valence-electron chi connectivity index (χ1n) is 10.7. The Morgan fingerprint density at radius 3 is 2.50 bits per heavy atom. The zero-order chi connectivity index (χ0) is 20.2. The highest BCUT2D eigenvalue weighted by Gasteiger charge is 2.22. The molecule has 1 nitrogen and oxygen atoms in total. The van der Waals surface area contributed by atoms with E-state index < -0.39 is 5.89 Å². The summed E-state index contributed by atoms with van der Waals surface area (Å²) in [7, 11) is 2.07. The third-order valence-electron chi connectivity index (χ3n) is 6.11. The maximum Gasteiger partial charge on any atom is 0.220 e. The Labute approximate surface area is 160 Å². The van der Waals surface area contributed by atoms with Crippen molar-refractivity contribution in [1.29, 1.82) is 0 Å². The van der Waals surface area contributed by atoms with Crippen LogP contribution in [0, 0.1) is 27.7 Å². The van der Waals surface area contributed by atoms with Gasteiger partial charge < -0.3 is 0 Å². The first kappa shape index (κ1) is 15.0. The lowest BCUT2D eigenvalue weighted by atomic mass is 9.91. The van der Waals surface area contributed by atoms with Crippen molar-refractivity contribution in [3.05, 3.63) is 64.3 Å². The molecule has 3 aromatic rings. The van der Waals surface area contributed by atoms with Gasteiger partial charge >= 0.3 is 0 Å². The third kappa shape index (κ3) is 2.84. The summed E-state index contributed by atoms with van der Waals surface area (Å²) in [5.74, 6) is -0.484. The van der Waals surface area contributed by atoms with Gasteiger partial charge in [0.2, 0.25) is 5.69 Å². The molecule has 4 rings (SSSR count). The average molecular weight is 347 g/mol. The van der Waals surface area contributed by atoms with Crippen molar-refractivity contribution < 1.29 is 7.31 Å². The highest BCUT2D eigenvalue weighted by Crippen LogP contribution is 2.37. The molecule has 1 aromatic heterocycles. The van der Waals surface area contributed by atoms with Crippen LogP contribution in [0.3, 0.4) is 0 Å². The standard InChI is InChI=1S/C25H30N/c1-16-12-17(2)19(4)24(13-16)25-23-11-10-21(20-8-6-7-9-20)15-22(23)14-18(3)26(25)5/h10-15,20H,6-9H2,1-5H3/q+1/i14D,20D. The Morgan fingerprint density at radius 2 is 1.77 bits per heavy atom. The van der Waals surface area contributed by atoms with E-state index in [1.54, 1.807) is 0 Å². The summed E-state index contributed by atoms with van der Waals surface area (Å²) in [6, 6.07) is 11.5. The number of fused-ring (bicyclic) bond motifs is 1. The van der Waals surface area contributed by atoms with E-state index in [9.17, 15) is 0 Å². The summed E-state index contributed by atoms with van der Waals surface area (Å²) in [5, 5.41) is 2.08. The lowest BCUT2D eigenvalue weighted by molar-refractivity contribution is -0.665. The van der Waals surface area contributed by atoms with E-state index in [4.69, 9.17) is 2.74 Å². The van der Waals surface area contributed by atoms with E-state index in [1.807, 2.05) is 6.92 Å². The van der Waals surface area contributed by atoms with Crippen molar-refractivity contribution >= 4 is 10.8 Å². The van der Waals surface area contributed by atoms with Crippen molar-refractivity contribution in [3.63, 3.8) is 0 Å². The molecule has 134 valence electrons. The quantitative estimate of drug-likeness (QED) is 0.485. The first-order chi connectivity index (χ1) is 13.2. The number of benzene rings is 2. The molecule has 0 radical (unpaired) electrons. The Morgan fingerprint density at radius 1 is 1.04 bits per heavy atom. The second-order valence-corrected chi connectivity index (χ2v) is 7.94. The van der Waals surface area contributed by atoms with Gasteiger partial charge in [-0.3, -0.25) is 0 Å². The molecular weight excluding hydrogens is 314 g/mol. The second kappa shape index (κ2) is 6.54. The number of aromatic nitrogens is 1. The second-order valence-electron chi connectivity index (χ2n) is 7.94. The van der Waals surface area contributed by atoms with E-state index in [0.717, 1.165) is 47.7 Å². The smallest absolute Gasteiger partial charge is 0.198 e. The van der Waals surface area contributed by atoms with Crippen LogP contribution in [0.2, 0.25) is 0 Å². The minimum atomic E-state index is -0.484. The summed E-state index contributed by atoms with van der Waals surface area (Å²) in [5.41, 5.74) is 8.28. The average Bonchev–Trinajstić information content (AvgIpc) is 3.11. The van der Waals surface area contributed by atoms with Crippen LogP contribution in [0.4, 0.5) is 0 Å². The summed E-state index contributed by atoms with van der Waals surface area (Å²) in [6.07, 6.45) is 4.11. The number of rotatable bonds is 2. The predicted molar refractivity (Wildman–Crippen MR) is 111 cm³/mol. The summed E-state index contributed by atoms with van der Waals surface area (Å²) in [6.45, 7) is 8.53. The molecule has 0 spiro atoms. The van der Waals surface area contributed by atoms with E-state index >= 15 is 0 Å². The van der Waals surface area contributed by atoms with Gasteiger partial charge in [-0.15, -0.1) is 0 Å². The molecule has 1 heteroatoms. The number of pyridine rings is 1. The zero-order valence-corrected chi connectivity index (χ0v) is 16.7. The molecule has 1 saturated carbocycles. The zero-order valence-electron chi connectivity index (χ0n) is 18.7. The van der Waals surface area contributed by atoms with Crippen molar-refractivity contribution in [2.24, 2.45) is 7.05 Å². The Balaban J connectivity index is 2.05. The molecule has 1 aliphatic rings. The van der Waals surface area contributed by atoms with Crippen LogP contribution in [0.25, 0.3) is 22.0 Å². The molecule has 26 heavy (non-hydrogen) atoms. The molecule has 1 aliphatic carbocycles. The molecule has 0 N–H and O–H groups in total. The van der Waals surface area contributed by atoms with E-state index in [2.05, 4.69) is 62.7 Å². The van der Waals surface area contributed by atoms with Crippen LogP contribution in [-0.4, -0.2) is 0 Å². The number of hydrogen-bond acceptors (Lipinski definition) is 0. The summed E-state index contributed by atoms with van der Waals surface area (Å²) < 4.78 is 19.8. The number of nitrogens with zero attached hydrogens (tertiary/aromatic N) is 1. The van der Waals surface area contributed by atoms with Crippen LogP contribution in [0.5, 0.6) is 0 Å². The predicted octanol–water partition coefficient (Wildman–Crippen LogP) is 6.22. The third-order valence-corrected chi connectivity index (χ3v) is 6.11. The SMILES string of the molecule is [2H]c1c(C)[n+](C)c(-c2cc(C)cc(C)c2C)c2ccc(C3([2H])CCCC3)cc12. The van der Waals surface area contributed by atoms with Gasteiger partial charge in [-0.05, 0) is 73.7 Å². The fourth-order valence-corrected chi connectivity index (χ4v) is 4.40. The van der Waals surface area contributed by atoms with Gasteiger partial charge in [-0.25, -0.2) is 0 Å². The minimum absolute atomic E-state index is 0.484. The van der Waals surface area contributed by atoms with Crippen molar-refractivity contribution in [2.45, 2.75) is 59.3 Å². The molecule has 0 atom stereocenters. The largest absolute Gasteiger partial charge is 0.220 e. The highest BCUT2D eigenvalue weighted by atomic mass is 14.9. The van der Waals surface area contributed by atoms with Crippen LogP contribution in [-0.2, 0) is 7.05 Å². The molecule has 0 unspecified atom stereocenters. The molecule has 2 aromatic carbocycles. The maximum absolute atomic E-state index is 8.90. The topological polar surface area (TPSA) is 3.88 Å². The first-order valence-corrected chi connectivity index (χ1v) is 9.74. The Kier molecular flexibility index (Phi) is 3.76. The molecule has 1 fully saturated rings. The molecule has 0 amide bonds. The molecule has 0 aliphatic heterocycles. The van der Waals surface area contributed by atoms with Gasteiger partial charge in [-0.1, -0.05) is 36.6 Å². The van der Waals surface area contributed by atoms with Gasteiger partial charge in [0.1, 0.15) is 7.05 Å². The normalized spacial score (nSPS) is 17.4. The molecule has 1 heterocycles. The van der Waals surface area contributed by atoms with Crippen molar-refractivity contribution in [1.82, 2.24) is 0 Å². The van der Waals surface area contributed by atoms with Crippen LogP contribution in [0.1, 0.15) is 62.3 Å². The van der Waals surface area contributed by atoms with Crippen molar-refractivity contribution in [2.75, 3.05) is 0 Å². The lowest BCUT2D eigenvalue weighted by Gasteiger charge is -2.15. The molecular formula is C25H30N+. The number of aryl methyl sites for hydroxylation is 2. The summed E-state index contributed by atoms with van der Waals surface area (Å²) in [4.78, 5) is 0. The van der Waals surface area contributed by atoms with Crippen LogP contribution in [0.15, 0.2) is 36.4 Å². The van der Waals surface area contributed by atoms with Gasteiger partial charge in [0.15, 0.2) is 5.69 Å². The Hall–Kier alpha value is -2.15. The highest BCUT2D eigenvalue weighted by molar-refractivity contribution is 5.94. The van der Waals surface area contributed by atoms with Gasteiger partial charge in [-0.2, -0.15) is 4.57 Å². The fourth-order valence-electron chi connectivity index (χ4n) is 4.40. The fraction of sp³-hybridized carbons (Fsp3) is 0.400. The number of hydrogen-bond donors (Lipinski definition) is 0.